The molecule has 27 heavy (non-hydrogen) atoms. The predicted octanol–water partition coefficient (Wildman–Crippen LogP) is 5.06. The summed E-state index contributed by atoms with van der Waals surface area (Å²) in [6, 6.07) is 15.0. The van der Waals surface area contributed by atoms with E-state index in [0.717, 1.165) is 20.8 Å². The van der Waals surface area contributed by atoms with Crippen LogP contribution in [0.2, 0.25) is 0 Å². The van der Waals surface area contributed by atoms with Crippen molar-refractivity contribution in [2.75, 3.05) is 0 Å². The first-order valence-electron chi connectivity index (χ1n) is 8.45. The zero-order valence-corrected chi connectivity index (χ0v) is 17.2. The van der Waals surface area contributed by atoms with Crippen LogP contribution < -0.4 is 0 Å². The molecule has 0 amide bonds. The first kappa shape index (κ1) is 18.3. The van der Waals surface area contributed by atoms with Crippen LogP contribution in [0.3, 0.4) is 0 Å². The number of aromatic nitrogens is 1. The van der Waals surface area contributed by atoms with Gasteiger partial charge in [-0.3, -0.25) is 4.98 Å². The molecule has 4 rings (SSSR count). The van der Waals surface area contributed by atoms with Gasteiger partial charge < -0.3 is 0 Å². The summed E-state index contributed by atoms with van der Waals surface area (Å²) in [6.07, 6.45) is 1.70. The highest BCUT2D eigenvalue weighted by molar-refractivity contribution is 7.89. The fourth-order valence-electron chi connectivity index (χ4n) is 3.03. The fourth-order valence-corrected chi connectivity index (χ4v) is 6.21. The zero-order chi connectivity index (χ0) is 18.9. The van der Waals surface area contributed by atoms with Crippen molar-refractivity contribution in [1.29, 1.82) is 0 Å². The van der Waals surface area contributed by atoms with Gasteiger partial charge in [0.1, 0.15) is 0 Å². The smallest absolute Gasteiger partial charge is 0.244 e. The number of fused-ring (bicyclic) bond motifs is 1. The molecule has 1 aromatic carbocycles. The number of pyridine rings is 1. The molecule has 0 unspecified atom stereocenters. The molecule has 0 saturated heterocycles. The van der Waals surface area contributed by atoms with Crippen molar-refractivity contribution in [1.82, 2.24) is 9.29 Å². The van der Waals surface area contributed by atoms with Crippen LogP contribution in [0, 0.1) is 6.92 Å². The SMILES string of the molecule is Cc1ccc(S(=O)(=O)N(Cc2cccs2)Cc2cccs2)c2cccnc12. The van der Waals surface area contributed by atoms with E-state index in [1.165, 1.54) is 0 Å². The molecule has 0 radical (unpaired) electrons. The Hall–Kier alpha value is -2.06. The number of sulfonamides is 1. The van der Waals surface area contributed by atoms with Crippen molar-refractivity contribution in [3.05, 3.63) is 80.8 Å². The van der Waals surface area contributed by atoms with E-state index in [1.807, 2.05) is 54.1 Å². The van der Waals surface area contributed by atoms with E-state index >= 15 is 0 Å². The molecule has 0 atom stereocenters. The third-order valence-electron chi connectivity index (χ3n) is 4.37. The zero-order valence-electron chi connectivity index (χ0n) is 14.7. The molecule has 0 aliphatic rings. The lowest BCUT2D eigenvalue weighted by molar-refractivity contribution is 0.407. The minimum atomic E-state index is -3.69. The lowest BCUT2D eigenvalue weighted by Gasteiger charge is -2.22. The normalized spacial score (nSPS) is 12.1. The maximum Gasteiger partial charge on any atom is 0.244 e. The Kier molecular flexibility index (Phi) is 5.10. The molecule has 0 fully saturated rings. The van der Waals surface area contributed by atoms with Crippen LogP contribution in [0.1, 0.15) is 15.3 Å². The van der Waals surface area contributed by atoms with Crippen LogP contribution in [-0.2, 0) is 23.1 Å². The fraction of sp³-hybridized carbons (Fsp3) is 0.150. The Balaban J connectivity index is 1.82. The van der Waals surface area contributed by atoms with Crippen molar-refractivity contribution in [3.63, 3.8) is 0 Å². The monoisotopic (exact) mass is 414 g/mol. The van der Waals surface area contributed by atoms with E-state index in [4.69, 9.17) is 0 Å². The summed E-state index contributed by atoms with van der Waals surface area (Å²) in [5.41, 5.74) is 1.69. The molecular weight excluding hydrogens is 396 g/mol. The van der Waals surface area contributed by atoms with Gasteiger partial charge in [-0.15, -0.1) is 22.7 Å². The molecule has 138 valence electrons. The van der Waals surface area contributed by atoms with E-state index in [-0.39, 0.29) is 0 Å². The summed E-state index contributed by atoms with van der Waals surface area (Å²) < 4.78 is 28.8. The second-order valence-electron chi connectivity index (χ2n) is 6.21. The predicted molar refractivity (Wildman–Crippen MR) is 112 cm³/mol. The van der Waals surface area contributed by atoms with E-state index in [9.17, 15) is 8.42 Å². The van der Waals surface area contributed by atoms with Gasteiger partial charge in [-0.05, 0) is 53.6 Å². The molecule has 4 nitrogen and oxygen atoms in total. The molecule has 0 saturated carbocycles. The Morgan fingerprint density at radius 1 is 0.926 bits per heavy atom. The second kappa shape index (κ2) is 7.52. The molecule has 3 aromatic heterocycles. The molecule has 7 heteroatoms. The van der Waals surface area contributed by atoms with Gasteiger partial charge in [0.15, 0.2) is 0 Å². The minimum absolute atomic E-state index is 0.310. The van der Waals surface area contributed by atoms with Gasteiger partial charge in [-0.25, -0.2) is 8.42 Å². The summed E-state index contributed by atoms with van der Waals surface area (Å²) in [7, 11) is -3.69. The van der Waals surface area contributed by atoms with Crippen molar-refractivity contribution in [3.8, 4) is 0 Å². The van der Waals surface area contributed by atoms with Crippen LogP contribution in [-0.4, -0.2) is 17.7 Å². The first-order valence-corrected chi connectivity index (χ1v) is 11.6. The molecule has 0 N–H and O–H groups in total. The lowest BCUT2D eigenvalue weighted by atomic mass is 10.1. The van der Waals surface area contributed by atoms with Crippen LogP contribution in [0.15, 0.2) is 70.4 Å². The maximum atomic E-state index is 13.6. The van der Waals surface area contributed by atoms with Crippen LogP contribution in [0.25, 0.3) is 10.9 Å². The molecule has 0 aliphatic carbocycles. The summed E-state index contributed by atoms with van der Waals surface area (Å²) in [4.78, 5) is 6.73. The summed E-state index contributed by atoms with van der Waals surface area (Å²) in [5.74, 6) is 0. The average Bonchev–Trinajstić information content (AvgIpc) is 3.35. The van der Waals surface area contributed by atoms with Gasteiger partial charge in [0, 0.05) is 34.4 Å². The Labute approximate surface area is 166 Å². The van der Waals surface area contributed by atoms with E-state index in [0.29, 0.717) is 23.4 Å². The number of hydrogen-bond donors (Lipinski definition) is 0. The topological polar surface area (TPSA) is 50.3 Å². The molecule has 3 heterocycles. The number of rotatable bonds is 6. The Bertz CT molecular complexity index is 1120. The van der Waals surface area contributed by atoms with E-state index in [2.05, 4.69) is 4.98 Å². The number of aryl methyl sites for hydroxylation is 1. The maximum absolute atomic E-state index is 13.6. The summed E-state index contributed by atoms with van der Waals surface area (Å²) in [5, 5.41) is 4.60. The molecule has 0 aliphatic heterocycles. The van der Waals surface area contributed by atoms with E-state index < -0.39 is 10.0 Å². The average molecular weight is 415 g/mol. The molecule has 0 spiro atoms. The standard InChI is InChI=1S/C20H18N2O2S3/c1-15-8-9-19(18-7-2-10-21-20(15)18)27(23,24)22(13-16-5-3-11-25-16)14-17-6-4-12-26-17/h2-12H,13-14H2,1H3. The van der Waals surface area contributed by atoms with Gasteiger partial charge in [0.25, 0.3) is 0 Å². The molecule has 4 aromatic rings. The first-order chi connectivity index (χ1) is 13.1. The summed E-state index contributed by atoms with van der Waals surface area (Å²) in [6.45, 7) is 2.65. The second-order valence-corrected chi connectivity index (χ2v) is 10.2. The van der Waals surface area contributed by atoms with E-state index in [1.54, 1.807) is 45.3 Å². The van der Waals surface area contributed by atoms with Crippen molar-refractivity contribution in [2.45, 2.75) is 24.9 Å². The van der Waals surface area contributed by atoms with Crippen molar-refractivity contribution >= 4 is 43.6 Å². The largest absolute Gasteiger partial charge is 0.256 e. The van der Waals surface area contributed by atoms with Crippen molar-refractivity contribution < 1.29 is 8.42 Å². The lowest BCUT2D eigenvalue weighted by Crippen LogP contribution is -2.30. The highest BCUT2D eigenvalue weighted by Crippen LogP contribution is 2.30. The Morgan fingerprint density at radius 2 is 1.59 bits per heavy atom. The van der Waals surface area contributed by atoms with Crippen molar-refractivity contribution in [2.24, 2.45) is 0 Å². The van der Waals surface area contributed by atoms with Gasteiger partial charge in [0.2, 0.25) is 10.0 Å². The highest BCUT2D eigenvalue weighted by atomic mass is 32.2. The van der Waals surface area contributed by atoms with Gasteiger partial charge in [-0.2, -0.15) is 4.31 Å². The van der Waals surface area contributed by atoms with Gasteiger partial charge >= 0.3 is 0 Å². The highest BCUT2D eigenvalue weighted by Gasteiger charge is 2.27. The third-order valence-corrected chi connectivity index (χ3v) is 7.95. The summed E-state index contributed by atoms with van der Waals surface area (Å²) >= 11 is 3.13. The van der Waals surface area contributed by atoms with Gasteiger partial charge in [0.05, 0.1) is 10.4 Å². The Morgan fingerprint density at radius 3 is 2.19 bits per heavy atom. The number of benzene rings is 1. The van der Waals surface area contributed by atoms with Crippen LogP contribution >= 0.6 is 22.7 Å². The number of thiophene rings is 2. The van der Waals surface area contributed by atoms with Gasteiger partial charge in [-0.1, -0.05) is 18.2 Å². The molecular formula is C20H18N2O2S3. The molecule has 0 bridgehead atoms. The number of nitrogens with zero attached hydrogens (tertiary/aromatic N) is 2. The number of hydrogen-bond acceptors (Lipinski definition) is 5. The van der Waals surface area contributed by atoms with Crippen LogP contribution in [0.5, 0.6) is 0 Å². The quantitative estimate of drug-likeness (QED) is 0.443. The minimum Gasteiger partial charge on any atom is -0.256 e. The third kappa shape index (κ3) is 3.68. The van der Waals surface area contributed by atoms with Crippen LogP contribution in [0.4, 0.5) is 0 Å².